The van der Waals surface area contributed by atoms with Gasteiger partial charge in [0.1, 0.15) is 11.5 Å². The van der Waals surface area contributed by atoms with E-state index in [1.807, 2.05) is 11.8 Å². The van der Waals surface area contributed by atoms with Crippen molar-refractivity contribution in [3.63, 3.8) is 0 Å². The van der Waals surface area contributed by atoms with Gasteiger partial charge in [-0.3, -0.25) is 9.59 Å². The van der Waals surface area contributed by atoms with Gasteiger partial charge in [-0.2, -0.15) is 0 Å². The second kappa shape index (κ2) is 7.80. The Kier molecular flexibility index (Phi) is 4.84. The molecule has 3 heterocycles. The van der Waals surface area contributed by atoms with Gasteiger partial charge in [0.05, 0.1) is 15.4 Å². The van der Waals surface area contributed by atoms with E-state index >= 15 is 0 Å². The number of piperidine rings is 1. The van der Waals surface area contributed by atoms with Crippen molar-refractivity contribution < 1.29 is 23.5 Å². The minimum atomic E-state index is -0.617. The summed E-state index contributed by atoms with van der Waals surface area (Å²) in [5, 5.41) is 0.752. The summed E-state index contributed by atoms with van der Waals surface area (Å²) in [5.41, 5.74) is 6.75. The van der Waals surface area contributed by atoms with E-state index < -0.39 is 12.2 Å². The molecular weight excluding hydrogens is 457 g/mol. The number of carbonyl (C=O) groups is 2. The predicted octanol–water partition coefficient (Wildman–Crippen LogP) is 4.15. The number of nitrogens with zero attached hydrogens (tertiary/aromatic N) is 2. The molecule has 0 bridgehead atoms. The maximum Gasteiger partial charge on any atom is 0.274 e. The molecule has 1 unspecified atom stereocenters. The molecule has 9 heteroatoms. The van der Waals surface area contributed by atoms with Crippen LogP contribution in [-0.2, 0) is 0 Å². The Morgan fingerprint density at radius 2 is 2.03 bits per heavy atom. The van der Waals surface area contributed by atoms with Crippen LogP contribution in [0.25, 0.3) is 10.4 Å². The van der Waals surface area contributed by atoms with E-state index in [4.69, 9.17) is 15.2 Å². The molecule has 2 aliphatic heterocycles. The molecule has 7 nitrogen and oxygen atoms in total. The van der Waals surface area contributed by atoms with Crippen molar-refractivity contribution >= 4 is 23.2 Å². The number of aromatic nitrogens is 1. The summed E-state index contributed by atoms with van der Waals surface area (Å²) in [6.45, 7) is 1.85. The molecule has 1 aliphatic carbocycles. The molecule has 1 aromatic heterocycles. The fourth-order valence-electron chi connectivity index (χ4n) is 5.15. The van der Waals surface area contributed by atoms with Crippen molar-refractivity contribution in [2.45, 2.75) is 44.6 Å². The van der Waals surface area contributed by atoms with Gasteiger partial charge in [-0.05, 0) is 55.5 Å². The third-order valence-corrected chi connectivity index (χ3v) is 7.71. The van der Waals surface area contributed by atoms with Crippen LogP contribution in [0.1, 0.15) is 45.1 Å². The second-order valence-corrected chi connectivity index (χ2v) is 10.2. The normalized spacial score (nSPS) is 24.2. The number of ether oxygens (including phenoxy) is 2. The minimum Gasteiger partial charge on any atom is -0.451 e. The molecule has 2 amide bonds. The number of rotatable bonds is 5. The van der Waals surface area contributed by atoms with E-state index in [2.05, 4.69) is 4.98 Å². The van der Waals surface area contributed by atoms with E-state index in [1.54, 1.807) is 30.3 Å². The Labute approximate surface area is 199 Å². The summed E-state index contributed by atoms with van der Waals surface area (Å²) in [7, 11) is 0. The van der Waals surface area contributed by atoms with Crippen molar-refractivity contribution in [3.05, 3.63) is 64.5 Å². The highest BCUT2D eigenvalue weighted by Crippen LogP contribution is 2.51. The standard InChI is InChI=1S/C25H22FN3O4S/c1-12-28-21(23(34-12)13-4-2-5-15(26)8-13)25(31)29-16(9-14-10-18(14)29)11-20-32-19-7-3-6-17(24(27)30)22(19)33-20/h2-8,14,16,18,20H,9-11H2,1H3,(H2,27,30)/t14-,16+,18+,20?/m1/s1. The van der Waals surface area contributed by atoms with E-state index in [-0.39, 0.29) is 29.4 Å². The third kappa shape index (κ3) is 3.51. The number of primary amides is 1. The lowest BCUT2D eigenvalue weighted by atomic mass is 10.1. The maximum absolute atomic E-state index is 13.9. The highest BCUT2D eigenvalue weighted by Gasteiger charge is 2.55. The molecule has 3 aliphatic rings. The van der Waals surface area contributed by atoms with Gasteiger partial charge in [-0.25, -0.2) is 9.37 Å². The van der Waals surface area contributed by atoms with Gasteiger partial charge in [0.15, 0.2) is 11.5 Å². The highest BCUT2D eigenvalue weighted by atomic mass is 32.1. The lowest BCUT2D eigenvalue weighted by molar-refractivity contribution is 0.0161. The molecule has 34 heavy (non-hydrogen) atoms. The van der Waals surface area contributed by atoms with E-state index in [9.17, 15) is 14.0 Å². The topological polar surface area (TPSA) is 94.8 Å². The zero-order valence-corrected chi connectivity index (χ0v) is 19.2. The van der Waals surface area contributed by atoms with Crippen LogP contribution in [0.2, 0.25) is 0 Å². The number of likely N-dealkylation sites (tertiary alicyclic amines) is 1. The molecule has 4 atom stereocenters. The van der Waals surface area contributed by atoms with Crippen molar-refractivity contribution in [3.8, 4) is 21.9 Å². The number of hydrogen-bond acceptors (Lipinski definition) is 6. The van der Waals surface area contributed by atoms with Crippen LogP contribution < -0.4 is 15.2 Å². The fourth-order valence-corrected chi connectivity index (χ4v) is 6.05. The summed E-state index contributed by atoms with van der Waals surface area (Å²) in [4.78, 5) is 32.6. The van der Waals surface area contributed by atoms with Gasteiger partial charge in [-0.15, -0.1) is 11.3 Å². The number of aryl methyl sites for hydroxylation is 1. The lowest BCUT2D eigenvalue weighted by Crippen LogP contribution is -2.42. The van der Waals surface area contributed by atoms with Gasteiger partial charge >= 0.3 is 0 Å². The number of nitrogens with two attached hydrogens (primary N) is 1. The van der Waals surface area contributed by atoms with Gasteiger partial charge in [0.25, 0.3) is 11.8 Å². The van der Waals surface area contributed by atoms with Crippen molar-refractivity contribution in [1.29, 1.82) is 0 Å². The first kappa shape index (κ1) is 21.1. The molecule has 2 N–H and O–H groups in total. The summed E-state index contributed by atoms with van der Waals surface area (Å²) in [6, 6.07) is 11.4. The minimum absolute atomic E-state index is 0.0880. The average Bonchev–Trinajstić information content (AvgIpc) is 3.12. The zero-order chi connectivity index (χ0) is 23.6. The summed E-state index contributed by atoms with van der Waals surface area (Å²) >= 11 is 1.39. The Balaban J connectivity index is 1.25. The van der Waals surface area contributed by atoms with Crippen LogP contribution in [-0.4, -0.2) is 40.1 Å². The Morgan fingerprint density at radius 1 is 1.21 bits per heavy atom. The first-order valence-corrected chi connectivity index (χ1v) is 12.0. The molecule has 0 spiro atoms. The van der Waals surface area contributed by atoms with Gasteiger partial charge < -0.3 is 20.1 Å². The smallest absolute Gasteiger partial charge is 0.274 e. The van der Waals surface area contributed by atoms with Gasteiger partial charge in [0, 0.05) is 18.5 Å². The number of halogens is 1. The molecule has 3 aromatic rings. The molecule has 174 valence electrons. The van der Waals surface area contributed by atoms with Crippen LogP contribution in [0, 0.1) is 18.7 Å². The number of para-hydroxylation sites is 1. The Morgan fingerprint density at radius 3 is 2.82 bits per heavy atom. The van der Waals surface area contributed by atoms with E-state index in [0.717, 1.165) is 17.8 Å². The molecule has 2 fully saturated rings. The number of amides is 2. The number of thiazole rings is 1. The molecule has 2 aromatic carbocycles. The van der Waals surface area contributed by atoms with Gasteiger partial charge in [0.2, 0.25) is 6.29 Å². The lowest BCUT2D eigenvalue weighted by Gasteiger charge is -2.28. The number of fused-ring (bicyclic) bond motifs is 2. The summed E-state index contributed by atoms with van der Waals surface area (Å²) in [6.07, 6.45) is 1.67. The first-order chi connectivity index (χ1) is 16.4. The van der Waals surface area contributed by atoms with Crippen LogP contribution in [0.4, 0.5) is 4.39 Å². The second-order valence-electron chi connectivity index (χ2n) is 8.98. The number of carbonyl (C=O) groups excluding carboxylic acids is 2. The van der Waals surface area contributed by atoms with Crippen molar-refractivity contribution in [2.24, 2.45) is 11.7 Å². The number of benzene rings is 2. The monoisotopic (exact) mass is 479 g/mol. The average molecular weight is 480 g/mol. The third-order valence-electron chi connectivity index (χ3n) is 6.69. The van der Waals surface area contributed by atoms with Crippen LogP contribution in [0.3, 0.4) is 0 Å². The van der Waals surface area contributed by atoms with E-state index in [1.165, 1.54) is 23.5 Å². The quantitative estimate of drug-likeness (QED) is 0.593. The first-order valence-electron chi connectivity index (χ1n) is 11.2. The largest absolute Gasteiger partial charge is 0.451 e. The Bertz CT molecular complexity index is 1330. The number of hydrogen-bond donors (Lipinski definition) is 1. The molecule has 0 radical (unpaired) electrons. The Hall–Kier alpha value is -3.46. The van der Waals surface area contributed by atoms with Gasteiger partial charge in [-0.1, -0.05) is 18.2 Å². The molecular formula is C25H22FN3O4S. The highest BCUT2D eigenvalue weighted by molar-refractivity contribution is 7.15. The maximum atomic E-state index is 13.9. The molecule has 1 saturated heterocycles. The zero-order valence-electron chi connectivity index (χ0n) is 18.4. The summed E-state index contributed by atoms with van der Waals surface area (Å²) < 4.78 is 25.7. The van der Waals surface area contributed by atoms with Crippen LogP contribution >= 0.6 is 11.3 Å². The molecule has 6 rings (SSSR count). The molecule has 1 saturated carbocycles. The fraction of sp³-hybridized carbons (Fsp3) is 0.320. The van der Waals surface area contributed by atoms with E-state index in [0.29, 0.717) is 40.0 Å². The van der Waals surface area contributed by atoms with Crippen LogP contribution in [0.5, 0.6) is 11.5 Å². The van der Waals surface area contributed by atoms with Crippen LogP contribution in [0.15, 0.2) is 42.5 Å². The predicted molar refractivity (Wildman–Crippen MR) is 123 cm³/mol. The SMILES string of the molecule is Cc1nc(C(=O)N2[C@H](CC3Oc4cccc(C(N)=O)c4O3)C[C@@H]3C[C@@H]32)c(-c2cccc(F)c2)s1. The summed E-state index contributed by atoms with van der Waals surface area (Å²) in [5.74, 6) is 0.205. The van der Waals surface area contributed by atoms with Crippen molar-refractivity contribution in [1.82, 2.24) is 9.88 Å². The van der Waals surface area contributed by atoms with Crippen molar-refractivity contribution in [2.75, 3.05) is 0 Å².